The van der Waals surface area contributed by atoms with Gasteiger partial charge in [-0.1, -0.05) is 54.1 Å². The average molecular weight is 447 g/mol. The number of nitrogens with zero attached hydrogens (tertiary/aromatic N) is 1. The molecular weight excluding hydrogens is 420 g/mol. The lowest BCUT2D eigenvalue weighted by molar-refractivity contribution is -0.159. The molecular formula is C23H27ClN2O5. The molecule has 0 saturated carbocycles. The molecule has 1 fully saturated rings. The summed E-state index contributed by atoms with van der Waals surface area (Å²) >= 11 is 6.05. The van der Waals surface area contributed by atoms with Gasteiger partial charge in [0.15, 0.2) is 0 Å². The molecule has 1 aliphatic heterocycles. The van der Waals surface area contributed by atoms with Crippen molar-refractivity contribution in [3.05, 3.63) is 70.7 Å². The highest BCUT2D eigenvalue weighted by atomic mass is 35.5. The van der Waals surface area contributed by atoms with E-state index in [0.29, 0.717) is 0 Å². The van der Waals surface area contributed by atoms with Crippen molar-refractivity contribution in [2.45, 2.75) is 32.4 Å². The van der Waals surface area contributed by atoms with Crippen molar-refractivity contribution >= 4 is 29.4 Å². The number of hydrogen-bond acceptors (Lipinski definition) is 4. The summed E-state index contributed by atoms with van der Waals surface area (Å²) < 4.78 is 0. The third-order valence-corrected chi connectivity index (χ3v) is 5.33. The van der Waals surface area contributed by atoms with E-state index in [2.05, 4.69) is 28.4 Å². The predicted molar refractivity (Wildman–Crippen MR) is 118 cm³/mol. The lowest BCUT2D eigenvalue weighted by atomic mass is 9.95. The molecule has 0 radical (unpaired) electrons. The number of piperidine rings is 1. The molecule has 3 N–H and O–H groups in total. The molecule has 1 heterocycles. The van der Waals surface area contributed by atoms with E-state index in [0.717, 1.165) is 43.1 Å². The summed E-state index contributed by atoms with van der Waals surface area (Å²) in [5.74, 6) is -3.36. The summed E-state index contributed by atoms with van der Waals surface area (Å²) in [5, 5.41) is 18.7. The summed E-state index contributed by atoms with van der Waals surface area (Å²) in [4.78, 5) is 33.1. The van der Waals surface area contributed by atoms with Crippen LogP contribution in [0.3, 0.4) is 0 Å². The Labute approximate surface area is 186 Å². The molecule has 166 valence electrons. The molecule has 1 amide bonds. The first kappa shape index (κ1) is 24.4. The zero-order valence-corrected chi connectivity index (χ0v) is 18.1. The number of halogens is 1. The normalized spacial score (nSPS) is 15.3. The third-order valence-electron chi connectivity index (χ3n) is 5.09. The quantitative estimate of drug-likeness (QED) is 0.606. The average Bonchev–Trinajstić information content (AvgIpc) is 2.75. The number of carbonyl (C=O) groups excluding carboxylic acids is 1. The SMILES string of the molecule is C[C@@H](NC(=O)C1CCN(Cc2cccc(Cl)c2)CC1)c1ccccc1.O=C(O)C(=O)O. The second kappa shape index (κ2) is 12.1. The summed E-state index contributed by atoms with van der Waals surface area (Å²) in [7, 11) is 0. The van der Waals surface area contributed by atoms with Crippen LogP contribution in [0.25, 0.3) is 0 Å². The van der Waals surface area contributed by atoms with Crippen LogP contribution >= 0.6 is 11.6 Å². The number of rotatable bonds is 5. The van der Waals surface area contributed by atoms with Crippen molar-refractivity contribution in [2.75, 3.05) is 13.1 Å². The van der Waals surface area contributed by atoms with Crippen LogP contribution in [0.4, 0.5) is 0 Å². The molecule has 0 spiro atoms. The Morgan fingerprint density at radius 1 is 1.03 bits per heavy atom. The van der Waals surface area contributed by atoms with E-state index >= 15 is 0 Å². The molecule has 31 heavy (non-hydrogen) atoms. The van der Waals surface area contributed by atoms with E-state index in [4.69, 9.17) is 31.4 Å². The minimum absolute atomic E-state index is 0.0539. The Morgan fingerprint density at radius 2 is 1.65 bits per heavy atom. The minimum atomic E-state index is -1.82. The smallest absolute Gasteiger partial charge is 0.414 e. The van der Waals surface area contributed by atoms with Crippen molar-refractivity contribution < 1.29 is 24.6 Å². The number of carboxylic acids is 2. The Hall–Kier alpha value is -2.90. The van der Waals surface area contributed by atoms with E-state index in [9.17, 15) is 4.79 Å². The van der Waals surface area contributed by atoms with Crippen molar-refractivity contribution in [1.29, 1.82) is 0 Å². The van der Waals surface area contributed by atoms with Crippen LogP contribution in [0.5, 0.6) is 0 Å². The van der Waals surface area contributed by atoms with Crippen molar-refractivity contribution in [3.8, 4) is 0 Å². The van der Waals surface area contributed by atoms with E-state index < -0.39 is 11.9 Å². The van der Waals surface area contributed by atoms with Gasteiger partial charge in [-0.25, -0.2) is 9.59 Å². The lowest BCUT2D eigenvalue weighted by Gasteiger charge is -2.32. The van der Waals surface area contributed by atoms with Crippen molar-refractivity contribution in [2.24, 2.45) is 5.92 Å². The van der Waals surface area contributed by atoms with Crippen LogP contribution in [-0.4, -0.2) is 46.0 Å². The van der Waals surface area contributed by atoms with Gasteiger partial charge in [0.05, 0.1) is 6.04 Å². The zero-order chi connectivity index (χ0) is 22.8. The highest BCUT2D eigenvalue weighted by molar-refractivity contribution is 6.30. The van der Waals surface area contributed by atoms with Crippen molar-refractivity contribution in [1.82, 2.24) is 10.2 Å². The van der Waals surface area contributed by atoms with Gasteiger partial charge in [0.25, 0.3) is 0 Å². The first-order valence-electron chi connectivity index (χ1n) is 10.0. The lowest BCUT2D eigenvalue weighted by Crippen LogP contribution is -2.40. The fraction of sp³-hybridized carbons (Fsp3) is 0.348. The summed E-state index contributed by atoms with van der Waals surface area (Å²) in [5.41, 5.74) is 2.38. The molecule has 2 aromatic carbocycles. The van der Waals surface area contributed by atoms with Gasteiger partial charge in [-0.15, -0.1) is 0 Å². The van der Waals surface area contributed by atoms with Gasteiger partial charge in [-0.05, 0) is 56.1 Å². The first-order chi connectivity index (χ1) is 14.8. The van der Waals surface area contributed by atoms with Crippen LogP contribution in [0.2, 0.25) is 5.02 Å². The van der Waals surface area contributed by atoms with Crippen LogP contribution in [0, 0.1) is 5.92 Å². The maximum atomic E-state index is 12.5. The predicted octanol–water partition coefficient (Wildman–Crippen LogP) is 3.59. The van der Waals surface area contributed by atoms with Crippen LogP contribution in [0.15, 0.2) is 54.6 Å². The number of benzene rings is 2. The van der Waals surface area contributed by atoms with E-state index in [1.807, 2.05) is 43.3 Å². The molecule has 8 heteroatoms. The van der Waals surface area contributed by atoms with Crippen LogP contribution in [-0.2, 0) is 20.9 Å². The molecule has 7 nitrogen and oxygen atoms in total. The molecule has 1 aliphatic rings. The van der Waals surface area contributed by atoms with Gasteiger partial charge >= 0.3 is 11.9 Å². The van der Waals surface area contributed by atoms with Gasteiger partial charge in [0, 0.05) is 17.5 Å². The number of likely N-dealkylation sites (tertiary alicyclic amines) is 1. The molecule has 1 saturated heterocycles. The number of nitrogens with one attached hydrogen (secondary N) is 1. The first-order valence-corrected chi connectivity index (χ1v) is 10.4. The molecule has 0 aliphatic carbocycles. The Bertz CT molecular complexity index is 871. The highest BCUT2D eigenvalue weighted by Gasteiger charge is 2.26. The largest absolute Gasteiger partial charge is 0.473 e. The Balaban J connectivity index is 0.000000501. The van der Waals surface area contributed by atoms with Gasteiger partial charge in [0.2, 0.25) is 5.91 Å². The second-order valence-electron chi connectivity index (χ2n) is 7.43. The zero-order valence-electron chi connectivity index (χ0n) is 17.3. The summed E-state index contributed by atoms with van der Waals surface area (Å²) in [6.45, 7) is 4.84. The number of amides is 1. The van der Waals surface area contributed by atoms with Crippen LogP contribution in [0.1, 0.15) is 36.9 Å². The maximum absolute atomic E-state index is 12.5. The molecule has 0 unspecified atom stereocenters. The van der Waals surface area contributed by atoms with Crippen LogP contribution < -0.4 is 5.32 Å². The number of aliphatic carboxylic acids is 2. The molecule has 0 aromatic heterocycles. The Kier molecular flexibility index (Phi) is 9.49. The van der Waals surface area contributed by atoms with E-state index in [-0.39, 0.29) is 17.9 Å². The van der Waals surface area contributed by atoms with Gasteiger partial charge < -0.3 is 15.5 Å². The highest BCUT2D eigenvalue weighted by Crippen LogP contribution is 2.22. The standard InChI is InChI=1S/C21H25ClN2O.C2H2O4/c1-16(18-7-3-2-4-8-18)23-21(25)19-10-12-24(13-11-19)15-17-6-5-9-20(22)14-17;3-1(4)2(5)6/h2-9,14,16,19H,10-13,15H2,1H3,(H,23,25);(H,3,4)(H,5,6)/t16-;/m1./s1. The fourth-order valence-corrected chi connectivity index (χ4v) is 3.62. The molecule has 2 aromatic rings. The number of hydrogen-bond donors (Lipinski definition) is 3. The van der Waals surface area contributed by atoms with Gasteiger partial charge in [-0.3, -0.25) is 9.69 Å². The maximum Gasteiger partial charge on any atom is 0.414 e. The van der Waals surface area contributed by atoms with Gasteiger partial charge in [-0.2, -0.15) is 0 Å². The monoisotopic (exact) mass is 446 g/mol. The summed E-state index contributed by atoms with van der Waals surface area (Å²) in [6.07, 6.45) is 1.82. The molecule has 1 atom stereocenters. The van der Waals surface area contributed by atoms with E-state index in [1.54, 1.807) is 0 Å². The summed E-state index contributed by atoms with van der Waals surface area (Å²) in [6, 6.07) is 18.2. The molecule has 3 rings (SSSR count). The van der Waals surface area contributed by atoms with E-state index in [1.165, 1.54) is 5.56 Å². The van der Waals surface area contributed by atoms with Gasteiger partial charge in [0.1, 0.15) is 0 Å². The van der Waals surface area contributed by atoms with Crippen molar-refractivity contribution in [3.63, 3.8) is 0 Å². The second-order valence-corrected chi connectivity index (χ2v) is 7.87. The number of carboxylic acid groups (broad SMARTS) is 2. The third kappa shape index (κ3) is 8.39. The minimum Gasteiger partial charge on any atom is -0.473 e. The topological polar surface area (TPSA) is 107 Å². The Morgan fingerprint density at radius 3 is 2.19 bits per heavy atom. The number of carbonyl (C=O) groups is 3. The molecule has 0 bridgehead atoms. The fourth-order valence-electron chi connectivity index (χ4n) is 3.40.